The molecule has 0 spiro atoms. The third kappa shape index (κ3) is 4.52. The van der Waals surface area contributed by atoms with E-state index in [4.69, 9.17) is 5.11 Å². The Kier molecular flexibility index (Phi) is 5.30. The van der Waals surface area contributed by atoms with Gasteiger partial charge in [0.05, 0.1) is 0 Å². The molecule has 0 saturated carbocycles. The zero-order chi connectivity index (χ0) is 14.5. The van der Waals surface area contributed by atoms with Gasteiger partial charge in [-0.05, 0) is 38.5 Å². The lowest BCUT2D eigenvalue weighted by Gasteiger charge is -2.24. The number of thiophene rings is 1. The van der Waals surface area contributed by atoms with Gasteiger partial charge in [0, 0.05) is 15.8 Å². The Labute approximate surface area is 117 Å². The predicted molar refractivity (Wildman–Crippen MR) is 77.2 cm³/mol. The van der Waals surface area contributed by atoms with Crippen molar-refractivity contribution < 1.29 is 14.7 Å². The smallest absolute Gasteiger partial charge is 0.329 e. The van der Waals surface area contributed by atoms with Crippen molar-refractivity contribution in [3.8, 4) is 0 Å². The molecular formula is C14H19NO3S. The van der Waals surface area contributed by atoms with Gasteiger partial charge in [0.25, 0.3) is 0 Å². The first-order valence-electron chi connectivity index (χ1n) is 6.17. The maximum Gasteiger partial charge on any atom is 0.329 e. The second kappa shape index (κ2) is 6.52. The normalized spacial score (nSPS) is 14.3. The zero-order valence-corrected chi connectivity index (χ0v) is 12.2. The Morgan fingerprint density at radius 2 is 2.16 bits per heavy atom. The number of carbonyl (C=O) groups is 2. The van der Waals surface area contributed by atoms with Crippen molar-refractivity contribution in [2.75, 3.05) is 0 Å². The van der Waals surface area contributed by atoms with Gasteiger partial charge in [0.2, 0.25) is 5.91 Å². The maximum atomic E-state index is 11.8. The molecule has 1 atom stereocenters. The largest absolute Gasteiger partial charge is 0.480 e. The molecule has 1 unspecified atom stereocenters. The lowest BCUT2D eigenvalue weighted by Crippen LogP contribution is -2.51. The van der Waals surface area contributed by atoms with Gasteiger partial charge in [-0.1, -0.05) is 13.3 Å². The van der Waals surface area contributed by atoms with Gasteiger partial charge in [-0.15, -0.1) is 11.3 Å². The molecule has 0 saturated heterocycles. The van der Waals surface area contributed by atoms with E-state index in [-0.39, 0.29) is 5.91 Å². The molecule has 0 radical (unpaired) electrons. The molecule has 0 fully saturated rings. The van der Waals surface area contributed by atoms with E-state index in [1.165, 1.54) is 17.9 Å². The van der Waals surface area contributed by atoms with Gasteiger partial charge >= 0.3 is 5.97 Å². The quantitative estimate of drug-likeness (QED) is 0.788. The van der Waals surface area contributed by atoms with Crippen LogP contribution in [0.15, 0.2) is 18.2 Å². The summed E-state index contributed by atoms with van der Waals surface area (Å²) in [4.78, 5) is 25.1. The van der Waals surface area contributed by atoms with Crippen LogP contribution in [0.25, 0.3) is 6.08 Å². The minimum atomic E-state index is -1.21. The molecule has 1 aromatic rings. The standard InChI is InChI=1S/C14H19NO3S/c1-4-9-14(3,13(17)18)15-12(16)8-7-11-6-5-10(2)19-11/h5-8H,4,9H2,1-3H3,(H,15,16)(H,17,18)/b8-7+. The number of hydrogen-bond acceptors (Lipinski definition) is 3. The van der Waals surface area contributed by atoms with Crippen LogP contribution < -0.4 is 5.32 Å². The van der Waals surface area contributed by atoms with Crippen molar-refractivity contribution in [2.24, 2.45) is 0 Å². The predicted octanol–water partition coefficient (Wildman–Crippen LogP) is 2.83. The Morgan fingerprint density at radius 3 is 2.63 bits per heavy atom. The fourth-order valence-electron chi connectivity index (χ4n) is 1.74. The summed E-state index contributed by atoms with van der Waals surface area (Å²) in [5.41, 5.74) is -1.21. The van der Waals surface area contributed by atoms with Crippen LogP contribution in [0.3, 0.4) is 0 Å². The van der Waals surface area contributed by atoms with Crippen LogP contribution in [0.4, 0.5) is 0 Å². The van der Waals surface area contributed by atoms with E-state index in [1.54, 1.807) is 17.4 Å². The van der Waals surface area contributed by atoms with E-state index in [0.29, 0.717) is 12.8 Å². The van der Waals surface area contributed by atoms with E-state index in [2.05, 4.69) is 5.32 Å². The van der Waals surface area contributed by atoms with E-state index >= 15 is 0 Å². The summed E-state index contributed by atoms with van der Waals surface area (Å²) in [6.45, 7) is 5.41. The molecule has 0 bridgehead atoms. The van der Waals surface area contributed by atoms with E-state index < -0.39 is 11.5 Å². The average Bonchev–Trinajstić information content (AvgIpc) is 2.72. The van der Waals surface area contributed by atoms with Gasteiger partial charge < -0.3 is 10.4 Å². The lowest BCUT2D eigenvalue weighted by atomic mass is 9.96. The van der Waals surface area contributed by atoms with Gasteiger partial charge in [0.15, 0.2) is 0 Å². The molecule has 1 aromatic heterocycles. The zero-order valence-electron chi connectivity index (χ0n) is 11.4. The lowest BCUT2D eigenvalue weighted by molar-refractivity contribution is -0.146. The van der Waals surface area contributed by atoms with Crippen LogP contribution in [0.2, 0.25) is 0 Å². The highest BCUT2D eigenvalue weighted by Gasteiger charge is 2.33. The number of carbonyl (C=O) groups excluding carboxylic acids is 1. The molecule has 19 heavy (non-hydrogen) atoms. The van der Waals surface area contributed by atoms with Crippen LogP contribution >= 0.6 is 11.3 Å². The first-order valence-corrected chi connectivity index (χ1v) is 6.99. The number of hydrogen-bond donors (Lipinski definition) is 2. The van der Waals surface area contributed by atoms with E-state index in [0.717, 1.165) is 4.88 Å². The maximum absolute atomic E-state index is 11.8. The molecule has 1 rings (SSSR count). The second-order valence-electron chi connectivity index (χ2n) is 4.66. The van der Waals surface area contributed by atoms with E-state index in [9.17, 15) is 9.59 Å². The number of aliphatic carboxylic acids is 1. The number of carboxylic acid groups (broad SMARTS) is 1. The van der Waals surface area contributed by atoms with Crippen LogP contribution in [0.5, 0.6) is 0 Å². The Balaban J connectivity index is 2.68. The molecule has 2 N–H and O–H groups in total. The highest BCUT2D eigenvalue weighted by atomic mass is 32.1. The Hall–Kier alpha value is -1.62. The van der Waals surface area contributed by atoms with Crippen molar-refractivity contribution in [1.29, 1.82) is 0 Å². The Bertz CT molecular complexity index is 493. The number of nitrogens with one attached hydrogen (secondary N) is 1. The number of rotatable bonds is 6. The Morgan fingerprint density at radius 1 is 1.47 bits per heavy atom. The topological polar surface area (TPSA) is 66.4 Å². The van der Waals surface area contributed by atoms with E-state index in [1.807, 2.05) is 26.0 Å². The SMILES string of the molecule is CCCC(C)(NC(=O)/C=C/c1ccc(C)s1)C(=O)O. The third-order valence-electron chi connectivity index (χ3n) is 2.78. The molecule has 1 amide bonds. The van der Waals surface area contributed by atoms with Crippen LogP contribution in [0.1, 0.15) is 36.4 Å². The summed E-state index contributed by atoms with van der Waals surface area (Å²) in [5.74, 6) is -1.40. The van der Waals surface area contributed by atoms with Crippen molar-refractivity contribution in [2.45, 2.75) is 39.2 Å². The summed E-state index contributed by atoms with van der Waals surface area (Å²) in [5, 5.41) is 11.7. The molecule has 4 nitrogen and oxygen atoms in total. The molecule has 0 aliphatic carbocycles. The first kappa shape index (κ1) is 15.4. The van der Waals surface area contributed by atoms with Gasteiger partial charge in [-0.2, -0.15) is 0 Å². The summed E-state index contributed by atoms with van der Waals surface area (Å²) >= 11 is 1.58. The number of aryl methyl sites for hydroxylation is 1. The molecular weight excluding hydrogens is 262 g/mol. The second-order valence-corrected chi connectivity index (χ2v) is 5.98. The third-order valence-corrected chi connectivity index (χ3v) is 3.75. The van der Waals surface area contributed by atoms with Crippen molar-refractivity contribution in [3.63, 3.8) is 0 Å². The van der Waals surface area contributed by atoms with Crippen LogP contribution in [0, 0.1) is 6.92 Å². The molecule has 1 heterocycles. The number of carboxylic acids is 1. The molecule has 0 aromatic carbocycles. The monoisotopic (exact) mass is 281 g/mol. The van der Waals surface area contributed by atoms with Gasteiger partial charge in [0.1, 0.15) is 5.54 Å². The minimum Gasteiger partial charge on any atom is -0.480 e. The summed E-state index contributed by atoms with van der Waals surface area (Å²) in [7, 11) is 0. The molecule has 0 aliphatic rings. The highest BCUT2D eigenvalue weighted by Crippen LogP contribution is 2.17. The highest BCUT2D eigenvalue weighted by molar-refractivity contribution is 7.12. The molecule has 0 aliphatic heterocycles. The minimum absolute atomic E-state index is 0.385. The van der Waals surface area contributed by atoms with Gasteiger partial charge in [-0.25, -0.2) is 4.79 Å². The van der Waals surface area contributed by atoms with Crippen molar-refractivity contribution in [1.82, 2.24) is 5.32 Å². The van der Waals surface area contributed by atoms with Crippen molar-refractivity contribution in [3.05, 3.63) is 28.0 Å². The molecule has 5 heteroatoms. The molecule has 104 valence electrons. The summed E-state index contributed by atoms with van der Waals surface area (Å²) < 4.78 is 0. The summed E-state index contributed by atoms with van der Waals surface area (Å²) in [6, 6.07) is 3.90. The van der Waals surface area contributed by atoms with Crippen molar-refractivity contribution >= 4 is 29.3 Å². The van der Waals surface area contributed by atoms with Crippen LogP contribution in [-0.4, -0.2) is 22.5 Å². The van der Waals surface area contributed by atoms with Gasteiger partial charge in [-0.3, -0.25) is 4.79 Å². The fourth-order valence-corrected chi connectivity index (χ4v) is 2.52. The first-order chi connectivity index (χ1) is 8.87. The number of amides is 1. The fraction of sp³-hybridized carbons (Fsp3) is 0.429. The average molecular weight is 281 g/mol. The van der Waals surface area contributed by atoms with Crippen LogP contribution in [-0.2, 0) is 9.59 Å². The summed E-state index contributed by atoms with van der Waals surface area (Å²) in [6.07, 6.45) is 4.17.